The van der Waals surface area contributed by atoms with Gasteiger partial charge in [0, 0.05) is 20.1 Å². The molecule has 1 rings (SSSR count). The van der Waals surface area contributed by atoms with Gasteiger partial charge in [-0.3, -0.25) is 4.79 Å². The van der Waals surface area contributed by atoms with E-state index in [0.717, 1.165) is 6.54 Å². The maximum absolute atomic E-state index is 11.5. The van der Waals surface area contributed by atoms with E-state index in [1.165, 1.54) is 5.56 Å². The van der Waals surface area contributed by atoms with E-state index >= 15 is 0 Å². The summed E-state index contributed by atoms with van der Waals surface area (Å²) in [5, 5.41) is 10.1. The molecule has 0 aliphatic rings. The summed E-state index contributed by atoms with van der Waals surface area (Å²) in [6.45, 7) is 5.38. The highest BCUT2D eigenvalue weighted by Gasteiger charge is 2.25. The van der Waals surface area contributed by atoms with E-state index in [2.05, 4.69) is 27.5 Å². The van der Waals surface area contributed by atoms with Gasteiger partial charge in [-0.2, -0.15) is 11.3 Å². The molecule has 0 aliphatic carbocycles. The molecule has 1 aromatic heterocycles. The maximum atomic E-state index is 11.5. The zero-order chi connectivity index (χ0) is 11.3. The molecule has 1 aromatic rings. The highest BCUT2D eigenvalue weighted by atomic mass is 32.1. The van der Waals surface area contributed by atoms with Crippen molar-refractivity contribution in [2.24, 2.45) is 5.41 Å². The second-order valence-corrected chi connectivity index (χ2v) is 4.98. The van der Waals surface area contributed by atoms with Crippen molar-refractivity contribution in [1.29, 1.82) is 0 Å². The van der Waals surface area contributed by atoms with E-state index in [1.807, 2.05) is 13.8 Å². The number of rotatable bonds is 5. The zero-order valence-electron chi connectivity index (χ0n) is 9.46. The third kappa shape index (κ3) is 3.64. The van der Waals surface area contributed by atoms with Gasteiger partial charge in [-0.25, -0.2) is 0 Å². The molecule has 1 amide bonds. The predicted molar refractivity (Wildman–Crippen MR) is 63.9 cm³/mol. The van der Waals surface area contributed by atoms with Gasteiger partial charge in [0.2, 0.25) is 5.91 Å². The van der Waals surface area contributed by atoms with Gasteiger partial charge in [0.1, 0.15) is 0 Å². The van der Waals surface area contributed by atoms with Crippen LogP contribution in [0.4, 0.5) is 0 Å². The number of hydrogen-bond acceptors (Lipinski definition) is 3. The van der Waals surface area contributed by atoms with Crippen molar-refractivity contribution in [2.45, 2.75) is 20.4 Å². The van der Waals surface area contributed by atoms with Crippen LogP contribution < -0.4 is 10.6 Å². The minimum absolute atomic E-state index is 0.0697. The lowest BCUT2D eigenvalue weighted by molar-refractivity contribution is -0.128. The average molecular weight is 226 g/mol. The van der Waals surface area contributed by atoms with Crippen molar-refractivity contribution in [2.75, 3.05) is 13.6 Å². The Hall–Kier alpha value is -0.870. The van der Waals surface area contributed by atoms with Crippen LogP contribution in [0.3, 0.4) is 0 Å². The molecule has 3 nitrogen and oxygen atoms in total. The second-order valence-electron chi connectivity index (χ2n) is 4.20. The van der Waals surface area contributed by atoms with E-state index in [4.69, 9.17) is 0 Å². The maximum Gasteiger partial charge on any atom is 0.226 e. The molecule has 0 saturated heterocycles. The summed E-state index contributed by atoms with van der Waals surface area (Å²) in [6.07, 6.45) is 0. The van der Waals surface area contributed by atoms with Gasteiger partial charge in [-0.1, -0.05) is 0 Å². The van der Waals surface area contributed by atoms with Crippen molar-refractivity contribution in [1.82, 2.24) is 10.6 Å². The van der Waals surface area contributed by atoms with Crippen LogP contribution in [-0.4, -0.2) is 19.5 Å². The first-order valence-corrected chi connectivity index (χ1v) is 5.94. The zero-order valence-corrected chi connectivity index (χ0v) is 10.3. The molecule has 84 valence electrons. The van der Waals surface area contributed by atoms with Crippen LogP contribution >= 0.6 is 11.3 Å². The summed E-state index contributed by atoms with van der Waals surface area (Å²) in [5.74, 6) is 0.0697. The van der Waals surface area contributed by atoms with Crippen LogP contribution in [0.5, 0.6) is 0 Å². The molecule has 0 radical (unpaired) electrons. The summed E-state index contributed by atoms with van der Waals surface area (Å²) < 4.78 is 0. The lowest BCUT2D eigenvalue weighted by atomic mass is 9.92. The SMILES string of the molecule is CNC(=O)C(C)(C)CNCc1ccsc1. The molecule has 0 bridgehead atoms. The molecule has 0 aliphatic heterocycles. The van der Waals surface area contributed by atoms with E-state index in [0.29, 0.717) is 6.54 Å². The largest absolute Gasteiger partial charge is 0.359 e. The Labute approximate surface area is 94.9 Å². The quantitative estimate of drug-likeness (QED) is 0.801. The molecule has 0 spiro atoms. The van der Waals surface area contributed by atoms with Crippen LogP contribution in [0.25, 0.3) is 0 Å². The average Bonchev–Trinajstić information content (AvgIpc) is 2.69. The van der Waals surface area contributed by atoms with Crippen molar-refractivity contribution >= 4 is 17.2 Å². The molecule has 15 heavy (non-hydrogen) atoms. The first-order valence-electron chi connectivity index (χ1n) is 5.00. The highest BCUT2D eigenvalue weighted by Crippen LogP contribution is 2.13. The van der Waals surface area contributed by atoms with Crippen LogP contribution in [0.1, 0.15) is 19.4 Å². The molecule has 0 saturated carbocycles. The third-order valence-corrected chi connectivity index (χ3v) is 3.05. The molecule has 0 unspecified atom stereocenters. The predicted octanol–water partition coefficient (Wildman–Crippen LogP) is 1.61. The van der Waals surface area contributed by atoms with Gasteiger partial charge in [-0.05, 0) is 36.2 Å². The minimum Gasteiger partial charge on any atom is -0.359 e. The Bertz CT molecular complexity index is 306. The molecule has 0 atom stereocenters. The van der Waals surface area contributed by atoms with Gasteiger partial charge in [0.05, 0.1) is 5.41 Å². The number of hydrogen-bond donors (Lipinski definition) is 2. The molecular formula is C11H18N2OS. The fourth-order valence-corrected chi connectivity index (χ4v) is 2.00. The van der Waals surface area contributed by atoms with Crippen molar-refractivity contribution in [3.63, 3.8) is 0 Å². The van der Waals surface area contributed by atoms with Gasteiger partial charge >= 0.3 is 0 Å². The van der Waals surface area contributed by atoms with E-state index in [9.17, 15) is 4.79 Å². The number of nitrogens with one attached hydrogen (secondary N) is 2. The molecule has 0 aromatic carbocycles. The standard InChI is InChI=1S/C11H18N2OS/c1-11(2,10(14)12-3)8-13-6-9-4-5-15-7-9/h4-5,7,13H,6,8H2,1-3H3,(H,12,14). The van der Waals surface area contributed by atoms with Crippen molar-refractivity contribution < 1.29 is 4.79 Å². The number of carbonyl (C=O) groups excluding carboxylic acids is 1. The van der Waals surface area contributed by atoms with Crippen LogP contribution in [-0.2, 0) is 11.3 Å². The fraction of sp³-hybridized carbons (Fsp3) is 0.545. The van der Waals surface area contributed by atoms with Crippen molar-refractivity contribution in [3.8, 4) is 0 Å². The smallest absolute Gasteiger partial charge is 0.226 e. The highest BCUT2D eigenvalue weighted by molar-refractivity contribution is 7.07. The Morgan fingerprint density at radius 1 is 1.53 bits per heavy atom. The third-order valence-electron chi connectivity index (χ3n) is 2.32. The monoisotopic (exact) mass is 226 g/mol. The number of carbonyl (C=O) groups is 1. The summed E-state index contributed by atoms with van der Waals surface area (Å²) in [6, 6.07) is 2.09. The molecule has 0 fully saturated rings. The summed E-state index contributed by atoms with van der Waals surface area (Å²) in [5.41, 5.74) is 0.915. The van der Waals surface area contributed by atoms with E-state index in [-0.39, 0.29) is 11.3 Å². The Balaban J connectivity index is 2.33. The summed E-state index contributed by atoms with van der Waals surface area (Å²) in [4.78, 5) is 11.5. The van der Waals surface area contributed by atoms with Crippen LogP contribution in [0, 0.1) is 5.41 Å². The van der Waals surface area contributed by atoms with Gasteiger partial charge in [0.15, 0.2) is 0 Å². The van der Waals surface area contributed by atoms with Crippen LogP contribution in [0.15, 0.2) is 16.8 Å². The first kappa shape index (κ1) is 12.2. The summed E-state index contributed by atoms with van der Waals surface area (Å²) >= 11 is 1.69. The summed E-state index contributed by atoms with van der Waals surface area (Å²) in [7, 11) is 1.67. The topological polar surface area (TPSA) is 41.1 Å². The van der Waals surface area contributed by atoms with E-state index in [1.54, 1.807) is 18.4 Å². The number of thiophene rings is 1. The Morgan fingerprint density at radius 2 is 2.27 bits per heavy atom. The van der Waals surface area contributed by atoms with E-state index < -0.39 is 0 Å². The Morgan fingerprint density at radius 3 is 2.80 bits per heavy atom. The van der Waals surface area contributed by atoms with Crippen LogP contribution in [0.2, 0.25) is 0 Å². The first-order chi connectivity index (χ1) is 7.06. The molecule has 1 heterocycles. The molecular weight excluding hydrogens is 208 g/mol. The normalized spacial score (nSPS) is 11.4. The Kier molecular flexibility index (Phi) is 4.29. The fourth-order valence-electron chi connectivity index (χ4n) is 1.33. The number of amides is 1. The lowest BCUT2D eigenvalue weighted by Gasteiger charge is -2.22. The van der Waals surface area contributed by atoms with Gasteiger partial charge in [-0.15, -0.1) is 0 Å². The van der Waals surface area contributed by atoms with Gasteiger partial charge < -0.3 is 10.6 Å². The molecule has 4 heteroatoms. The second kappa shape index (κ2) is 5.28. The lowest BCUT2D eigenvalue weighted by Crippen LogP contribution is -2.41. The minimum atomic E-state index is -0.356. The molecule has 2 N–H and O–H groups in total. The van der Waals surface area contributed by atoms with Gasteiger partial charge in [0.25, 0.3) is 0 Å². The van der Waals surface area contributed by atoms with Crippen molar-refractivity contribution in [3.05, 3.63) is 22.4 Å².